The number of carbonyl (C=O) groups is 3. The van der Waals surface area contributed by atoms with Crippen molar-refractivity contribution < 1.29 is 19.5 Å². The second-order valence-electron chi connectivity index (χ2n) is 4.69. The summed E-state index contributed by atoms with van der Waals surface area (Å²) in [5, 5.41) is 11.2. The average molecular weight is 257 g/mol. The molecule has 0 radical (unpaired) electrons. The van der Waals surface area contributed by atoms with Crippen molar-refractivity contribution in [2.24, 2.45) is 17.4 Å². The summed E-state index contributed by atoms with van der Waals surface area (Å²) in [5.41, 5.74) is 10.6. The minimum Gasteiger partial charge on any atom is -0.480 e. The summed E-state index contributed by atoms with van der Waals surface area (Å²) in [5.74, 6) is -1.79. The van der Waals surface area contributed by atoms with Gasteiger partial charge in [0, 0.05) is 6.42 Å². The molecule has 0 aromatic carbocycles. The highest BCUT2D eigenvalue weighted by atomic mass is 16.4. The molecule has 0 aromatic heterocycles. The van der Waals surface area contributed by atoms with Gasteiger partial charge in [-0.1, -0.05) is 12.8 Å². The van der Waals surface area contributed by atoms with Crippen LogP contribution in [0.2, 0.25) is 0 Å². The van der Waals surface area contributed by atoms with Gasteiger partial charge in [-0.3, -0.25) is 9.59 Å². The summed E-state index contributed by atoms with van der Waals surface area (Å²) in [7, 11) is 0. The minimum absolute atomic E-state index is 0.0213. The molecule has 1 rings (SSSR count). The maximum atomic E-state index is 11.7. The number of carbonyl (C=O) groups excluding carboxylic acids is 2. The van der Waals surface area contributed by atoms with Gasteiger partial charge in [0.05, 0.1) is 6.04 Å². The van der Waals surface area contributed by atoms with E-state index in [4.69, 9.17) is 16.6 Å². The van der Waals surface area contributed by atoms with E-state index in [1.807, 2.05) is 0 Å². The molecule has 0 heterocycles. The van der Waals surface area contributed by atoms with Crippen molar-refractivity contribution in [3.63, 3.8) is 0 Å². The van der Waals surface area contributed by atoms with Crippen LogP contribution in [0.4, 0.5) is 0 Å². The summed E-state index contributed by atoms with van der Waals surface area (Å²) in [6.45, 7) is 0. The number of carboxylic acids is 1. The summed E-state index contributed by atoms with van der Waals surface area (Å²) in [6, 6.07) is -1.80. The van der Waals surface area contributed by atoms with Gasteiger partial charge in [0.25, 0.3) is 0 Å². The van der Waals surface area contributed by atoms with Crippen molar-refractivity contribution in [2.45, 2.75) is 44.2 Å². The lowest BCUT2D eigenvalue weighted by Crippen LogP contribution is -2.48. The fourth-order valence-corrected chi connectivity index (χ4v) is 1.64. The zero-order valence-corrected chi connectivity index (χ0v) is 10.1. The average Bonchev–Trinajstić information content (AvgIpc) is 3.06. The number of carboxylic acid groups (broad SMARTS) is 1. The molecular formula is C11H19N3O4. The predicted octanol–water partition coefficient (Wildman–Crippen LogP) is -1.05. The SMILES string of the molecule is NC(=O)CCC(NC(=O)C(N)CC1CC1)C(=O)O. The highest BCUT2D eigenvalue weighted by Gasteiger charge is 2.29. The number of aliphatic carboxylic acids is 1. The van der Waals surface area contributed by atoms with Gasteiger partial charge in [-0.15, -0.1) is 0 Å². The molecule has 7 nitrogen and oxygen atoms in total. The van der Waals surface area contributed by atoms with E-state index in [-0.39, 0.29) is 12.8 Å². The van der Waals surface area contributed by atoms with Crippen LogP contribution in [-0.2, 0) is 14.4 Å². The first kappa shape index (κ1) is 14.4. The zero-order valence-electron chi connectivity index (χ0n) is 10.1. The van der Waals surface area contributed by atoms with Crippen molar-refractivity contribution >= 4 is 17.8 Å². The van der Waals surface area contributed by atoms with E-state index in [1.165, 1.54) is 0 Å². The topological polar surface area (TPSA) is 136 Å². The maximum absolute atomic E-state index is 11.7. The predicted molar refractivity (Wildman–Crippen MR) is 63.3 cm³/mol. The van der Waals surface area contributed by atoms with Crippen LogP contribution in [0.25, 0.3) is 0 Å². The molecule has 0 bridgehead atoms. The lowest BCUT2D eigenvalue weighted by Gasteiger charge is -2.17. The monoisotopic (exact) mass is 257 g/mol. The maximum Gasteiger partial charge on any atom is 0.326 e. The summed E-state index contributed by atoms with van der Waals surface area (Å²) < 4.78 is 0. The third kappa shape index (κ3) is 5.13. The standard InChI is InChI=1S/C11H19N3O4/c12-7(5-6-1-2-6)10(16)14-8(11(17)18)3-4-9(13)15/h6-8H,1-5,12H2,(H2,13,15)(H,14,16)(H,17,18). The summed E-state index contributed by atoms with van der Waals surface area (Å²) in [6.07, 6.45) is 2.62. The first-order valence-corrected chi connectivity index (χ1v) is 5.97. The first-order valence-electron chi connectivity index (χ1n) is 5.97. The molecule has 102 valence electrons. The molecule has 2 atom stereocenters. The normalized spacial score (nSPS) is 17.8. The number of nitrogens with two attached hydrogens (primary N) is 2. The van der Waals surface area contributed by atoms with Crippen molar-refractivity contribution in [3.05, 3.63) is 0 Å². The molecule has 18 heavy (non-hydrogen) atoms. The third-order valence-corrected chi connectivity index (χ3v) is 2.91. The number of nitrogens with one attached hydrogen (secondary N) is 1. The van der Waals surface area contributed by atoms with Crippen LogP contribution >= 0.6 is 0 Å². The molecule has 2 unspecified atom stereocenters. The molecule has 1 aliphatic rings. The number of hydrogen-bond acceptors (Lipinski definition) is 4. The van der Waals surface area contributed by atoms with Gasteiger partial charge in [0.15, 0.2) is 0 Å². The quantitative estimate of drug-likeness (QED) is 0.440. The number of hydrogen-bond donors (Lipinski definition) is 4. The van der Waals surface area contributed by atoms with Crippen molar-refractivity contribution in [1.29, 1.82) is 0 Å². The van der Waals surface area contributed by atoms with Gasteiger partial charge < -0.3 is 21.9 Å². The molecule has 0 saturated heterocycles. The molecule has 0 aliphatic heterocycles. The number of primary amides is 1. The zero-order chi connectivity index (χ0) is 13.7. The van der Waals surface area contributed by atoms with Crippen molar-refractivity contribution in [3.8, 4) is 0 Å². The fourth-order valence-electron chi connectivity index (χ4n) is 1.64. The smallest absolute Gasteiger partial charge is 0.326 e. The van der Waals surface area contributed by atoms with Crippen LogP contribution in [0, 0.1) is 5.92 Å². The highest BCUT2D eigenvalue weighted by molar-refractivity contribution is 5.87. The molecule has 1 aliphatic carbocycles. The van der Waals surface area contributed by atoms with Crippen molar-refractivity contribution in [2.75, 3.05) is 0 Å². The number of amides is 2. The Balaban J connectivity index is 2.40. The minimum atomic E-state index is -1.19. The van der Waals surface area contributed by atoms with Gasteiger partial charge in [-0.05, 0) is 18.8 Å². The Labute approximate surface area is 105 Å². The Morgan fingerprint density at radius 1 is 1.33 bits per heavy atom. The molecule has 2 amide bonds. The highest BCUT2D eigenvalue weighted by Crippen LogP contribution is 2.33. The first-order chi connectivity index (χ1) is 8.40. The van der Waals surface area contributed by atoms with E-state index in [9.17, 15) is 14.4 Å². The van der Waals surface area contributed by atoms with Crippen LogP contribution in [0.3, 0.4) is 0 Å². The molecule has 0 spiro atoms. The number of rotatable bonds is 8. The Hall–Kier alpha value is -1.63. The third-order valence-electron chi connectivity index (χ3n) is 2.91. The Kier molecular flexibility index (Phi) is 5.08. The van der Waals surface area contributed by atoms with Gasteiger partial charge >= 0.3 is 5.97 Å². The van der Waals surface area contributed by atoms with E-state index in [1.54, 1.807) is 0 Å². The Morgan fingerprint density at radius 2 is 1.94 bits per heavy atom. The lowest BCUT2D eigenvalue weighted by molar-refractivity contribution is -0.142. The van der Waals surface area contributed by atoms with Crippen LogP contribution in [0.1, 0.15) is 32.1 Å². The lowest BCUT2D eigenvalue weighted by atomic mass is 10.1. The van der Waals surface area contributed by atoms with E-state index in [0.717, 1.165) is 12.8 Å². The van der Waals surface area contributed by atoms with Gasteiger partial charge in [0.2, 0.25) is 11.8 Å². The van der Waals surface area contributed by atoms with Crippen LogP contribution in [-0.4, -0.2) is 35.0 Å². The largest absolute Gasteiger partial charge is 0.480 e. The summed E-state index contributed by atoms with van der Waals surface area (Å²) in [4.78, 5) is 33.1. The molecule has 1 fully saturated rings. The Morgan fingerprint density at radius 3 is 2.39 bits per heavy atom. The fraction of sp³-hybridized carbons (Fsp3) is 0.727. The van der Waals surface area contributed by atoms with Crippen LogP contribution in [0.5, 0.6) is 0 Å². The van der Waals surface area contributed by atoms with Crippen LogP contribution < -0.4 is 16.8 Å². The second-order valence-corrected chi connectivity index (χ2v) is 4.69. The van der Waals surface area contributed by atoms with Gasteiger partial charge in [0.1, 0.15) is 6.04 Å². The summed E-state index contributed by atoms with van der Waals surface area (Å²) >= 11 is 0. The Bertz CT molecular complexity index is 341. The van der Waals surface area contributed by atoms with Gasteiger partial charge in [-0.25, -0.2) is 4.79 Å². The van der Waals surface area contributed by atoms with E-state index >= 15 is 0 Å². The molecular weight excluding hydrogens is 238 g/mol. The molecule has 0 aromatic rings. The van der Waals surface area contributed by atoms with E-state index in [2.05, 4.69) is 5.32 Å². The molecule has 1 saturated carbocycles. The van der Waals surface area contributed by atoms with Crippen LogP contribution in [0.15, 0.2) is 0 Å². The van der Waals surface area contributed by atoms with Gasteiger partial charge in [-0.2, -0.15) is 0 Å². The second kappa shape index (κ2) is 6.34. The van der Waals surface area contributed by atoms with E-state index in [0.29, 0.717) is 12.3 Å². The van der Waals surface area contributed by atoms with E-state index < -0.39 is 29.9 Å². The van der Waals surface area contributed by atoms with Crippen molar-refractivity contribution in [1.82, 2.24) is 5.32 Å². The molecule has 6 N–H and O–H groups in total. The molecule has 7 heteroatoms.